The molecule has 0 saturated heterocycles. The molecule has 2 aliphatic carbocycles. The van der Waals surface area contributed by atoms with Crippen molar-refractivity contribution in [1.29, 1.82) is 0 Å². The minimum absolute atomic E-state index is 0.688. The maximum absolute atomic E-state index is 9.10. The number of oxime groups is 1. The summed E-state index contributed by atoms with van der Waals surface area (Å²) in [7, 11) is 0. The summed E-state index contributed by atoms with van der Waals surface area (Å²) in [4.78, 5) is 0. The van der Waals surface area contributed by atoms with Gasteiger partial charge in [-0.2, -0.15) is 0 Å². The molecule has 1 aromatic rings. The van der Waals surface area contributed by atoms with Crippen molar-refractivity contribution in [2.45, 2.75) is 39.0 Å². The third-order valence-electron chi connectivity index (χ3n) is 4.99. The molecule has 0 heterocycles. The van der Waals surface area contributed by atoms with E-state index in [0.717, 1.165) is 35.7 Å². The molecule has 2 saturated carbocycles. The molecule has 2 fully saturated rings. The van der Waals surface area contributed by atoms with E-state index in [9.17, 15) is 0 Å². The maximum atomic E-state index is 9.10. The van der Waals surface area contributed by atoms with E-state index in [1.165, 1.54) is 25.7 Å². The summed E-state index contributed by atoms with van der Waals surface area (Å²) < 4.78 is 6.07. The highest BCUT2D eigenvalue weighted by atomic mass is 16.5. The molecule has 3 unspecified atom stereocenters. The second kappa shape index (κ2) is 5.86. The molecule has 2 aliphatic rings. The SMILES string of the molecule is CCC(=NO)c1ccccc1OCC1CC2CCC1C2. The largest absolute Gasteiger partial charge is 0.493 e. The predicted octanol–water partition coefficient (Wildman–Crippen LogP) is 4.09. The number of ether oxygens (including phenoxy) is 1. The van der Waals surface area contributed by atoms with E-state index in [-0.39, 0.29) is 0 Å². The first-order valence-electron chi connectivity index (χ1n) is 7.75. The van der Waals surface area contributed by atoms with Gasteiger partial charge in [0, 0.05) is 5.56 Å². The lowest BCUT2D eigenvalue weighted by Gasteiger charge is -2.22. The van der Waals surface area contributed by atoms with Gasteiger partial charge >= 0.3 is 0 Å². The lowest BCUT2D eigenvalue weighted by molar-refractivity contribution is 0.195. The number of rotatable bonds is 5. The maximum Gasteiger partial charge on any atom is 0.128 e. The van der Waals surface area contributed by atoms with Crippen LogP contribution in [0.25, 0.3) is 0 Å². The van der Waals surface area contributed by atoms with E-state index in [1.807, 2.05) is 31.2 Å². The first-order chi connectivity index (χ1) is 9.81. The van der Waals surface area contributed by atoms with E-state index in [1.54, 1.807) is 0 Å². The van der Waals surface area contributed by atoms with Crippen molar-refractivity contribution in [3.8, 4) is 5.75 Å². The summed E-state index contributed by atoms with van der Waals surface area (Å²) >= 11 is 0. The van der Waals surface area contributed by atoms with E-state index in [4.69, 9.17) is 9.94 Å². The Labute approximate surface area is 120 Å². The van der Waals surface area contributed by atoms with Crippen LogP contribution in [0.2, 0.25) is 0 Å². The molecule has 1 aromatic carbocycles. The zero-order valence-corrected chi connectivity index (χ0v) is 12.1. The van der Waals surface area contributed by atoms with Crippen molar-refractivity contribution < 1.29 is 9.94 Å². The van der Waals surface area contributed by atoms with Gasteiger partial charge in [0.15, 0.2) is 0 Å². The summed E-state index contributed by atoms with van der Waals surface area (Å²) in [6.45, 7) is 2.79. The van der Waals surface area contributed by atoms with Gasteiger partial charge in [-0.25, -0.2) is 0 Å². The Morgan fingerprint density at radius 3 is 2.80 bits per heavy atom. The molecule has 0 aliphatic heterocycles. The van der Waals surface area contributed by atoms with E-state index in [0.29, 0.717) is 12.1 Å². The van der Waals surface area contributed by atoms with Gasteiger partial charge in [0.1, 0.15) is 5.75 Å². The second-order valence-corrected chi connectivity index (χ2v) is 6.14. The molecule has 20 heavy (non-hydrogen) atoms. The Hall–Kier alpha value is -1.51. The van der Waals surface area contributed by atoms with Gasteiger partial charge in [0.05, 0.1) is 12.3 Å². The van der Waals surface area contributed by atoms with Crippen molar-refractivity contribution >= 4 is 5.71 Å². The normalized spacial score (nSPS) is 28.9. The van der Waals surface area contributed by atoms with Crippen LogP contribution in [0.3, 0.4) is 0 Å². The molecule has 0 aromatic heterocycles. The minimum Gasteiger partial charge on any atom is -0.493 e. The average Bonchev–Trinajstić information content (AvgIpc) is 3.10. The van der Waals surface area contributed by atoms with Crippen molar-refractivity contribution in [2.24, 2.45) is 22.9 Å². The van der Waals surface area contributed by atoms with Gasteiger partial charge in [0.25, 0.3) is 0 Å². The molecule has 0 amide bonds. The van der Waals surface area contributed by atoms with Crippen LogP contribution in [-0.4, -0.2) is 17.5 Å². The molecule has 1 N–H and O–H groups in total. The van der Waals surface area contributed by atoms with Crippen molar-refractivity contribution in [3.63, 3.8) is 0 Å². The standard InChI is InChI=1S/C17H23NO2/c1-2-16(18-19)15-5-3-4-6-17(15)20-11-14-10-12-7-8-13(14)9-12/h3-6,12-14,19H,2,7-11H2,1H3. The molecule has 3 heteroatoms. The van der Waals surface area contributed by atoms with Crippen LogP contribution in [0.5, 0.6) is 5.75 Å². The lowest BCUT2D eigenvalue weighted by Crippen LogP contribution is -2.19. The summed E-state index contributed by atoms with van der Waals surface area (Å²) in [5, 5.41) is 12.5. The van der Waals surface area contributed by atoms with Gasteiger partial charge in [-0.3, -0.25) is 0 Å². The van der Waals surface area contributed by atoms with Gasteiger partial charge in [-0.15, -0.1) is 0 Å². The molecule has 2 bridgehead atoms. The number of hydrogen-bond acceptors (Lipinski definition) is 3. The number of hydrogen-bond donors (Lipinski definition) is 1. The van der Waals surface area contributed by atoms with Crippen LogP contribution < -0.4 is 4.74 Å². The lowest BCUT2D eigenvalue weighted by atomic mass is 9.89. The monoisotopic (exact) mass is 273 g/mol. The van der Waals surface area contributed by atoms with Crippen molar-refractivity contribution in [1.82, 2.24) is 0 Å². The van der Waals surface area contributed by atoms with Crippen LogP contribution >= 0.6 is 0 Å². The molecule has 3 atom stereocenters. The highest BCUT2D eigenvalue weighted by Gasteiger charge is 2.39. The fraction of sp³-hybridized carbons (Fsp3) is 0.588. The number of benzene rings is 1. The summed E-state index contributed by atoms with van der Waals surface area (Å²) in [5.41, 5.74) is 1.61. The highest BCUT2D eigenvalue weighted by Crippen LogP contribution is 2.48. The average molecular weight is 273 g/mol. The minimum atomic E-state index is 0.688. The zero-order valence-electron chi connectivity index (χ0n) is 12.1. The number of fused-ring (bicyclic) bond motifs is 2. The summed E-state index contributed by atoms with van der Waals surface area (Å²) in [6.07, 6.45) is 6.26. The van der Waals surface area contributed by atoms with E-state index in [2.05, 4.69) is 5.16 Å². The number of para-hydroxylation sites is 1. The van der Waals surface area contributed by atoms with Crippen LogP contribution in [0, 0.1) is 17.8 Å². The quantitative estimate of drug-likeness (QED) is 0.499. The van der Waals surface area contributed by atoms with Gasteiger partial charge in [-0.05, 0) is 55.6 Å². The fourth-order valence-corrected chi connectivity index (χ4v) is 3.92. The summed E-state index contributed by atoms with van der Waals surface area (Å²) in [5.74, 6) is 3.40. The van der Waals surface area contributed by atoms with Crippen molar-refractivity contribution in [3.05, 3.63) is 29.8 Å². The first-order valence-corrected chi connectivity index (χ1v) is 7.75. The van der Waals surface area contributed by atoms with E-state index >= 15 is 0 Å². The number of nitrogens with zero attached hydrogens (tertiary/aromatic N) is 1. The highest BCUT2D eigenvalue weighted by molar-refractivity contribution is 6.02. The predicted molar refractivity (Wildman–Crippen MR) is 79.5 cm³/mol. The van der Waals surface area contributed by atoms with Gasteiger partial charge in [-0.1, -0.05) is 30.6 Å². The Bertz CT molecular complexity index is 498. The Balaban J connectivity index is 1.68. The van der Waals surface area contributed by atoms with Crippen molar-refractivity contribution in [2.75, 3.05) is 6.61 Å². The Morgan fingerprint density at radius 1 is 1.30 bits per heavy atom. The molecular formula is C17H23NO2. The fourth-order valence-electron chi connectivity index (χ4n) is 3.92. The smallest absolute Gasteiger partial charge is 0.128 e. The summed E-state index contributed by atoms with van der Waals surface area (Å²) in [6, 6.07) is 7.88. The molecule has 0 radical (unpaired) electrons. The Morgan fingerprint density at radius 2 is 2.15 bits per heavy atom. The van der Waals surface area contributed by atoms with Crippen LogP contribution in [0.15, 0.2) is 29.4 Å². The van der Waals surface area contributed by atoms with Gasteiger partial charge < -0.3 is 9.94 Å². The Kier molecular flexibility index (Phi) is 3.95. The topological polar surface area (TPSA) is 41.8 Å². The molecular weight excluding hydrogens is 250 g/mol. The van der Waals surface area contributed by atoms with Crippen LogP contribution in [-0.2, 0) is 0 Å². The van der Waals surface area contributed by atoms with Crippen LogP contribution in [0.4, 0.5) is 0 Å². The van der Waals surface area contributed by atoms with E-state index < -0.39 is 0 Å². The van der Waals surface area contributed by atoms with Crippen LogP contribution in [0.1, 0.15) is 44.6 Å². The van der Waals surface area contributed by atoms with Gasteiger partial charge in [0.2, 0.25) is 0 Å². The molecule has 0 spiro atoms. The first kappa shape index (κ1) is 13.5. The second-order valence-electron chi connectivity index (χ2n) is 6.14. The molecule has 3 rings (SSSR count). The third-order valence-corrected chi connectivity index (χ3v) is 4.99. The zero-order chi connectivity index (χ0) is 13.9. The molecule has 108 valence electrons. The molecule has 3 nitrogen and oxygen atoms in total. The third kappa shape index (κ3) is 2.54.